The van der Waals surface area contributed by atoms with Crippen molar-refractivity contribution in [2.45, 2.75) is 46.0 Å². The minimum Gasteiger partial charge on any atom is -0.384 e. The molecule has 3 nitrogen and oxygen atoms in total. The lowest BCUT2D eigenvalue weighted by Gasteiger charge is -2.03. The van der Waals surface area contributed by atoms with Gasteiger partial charge in [-0.3, -0.25) is 4.68 Å². The van der Waals surface area contributed by atoms with Crippen molar-refractivity contribution < 1.29 is 0 Å². The maximum Gasteiger partial charge on any atom is 0.124 e. The highest BCUT2D eigenvalue weighted by molar-refractivity contribution is 5.47. The van der Waals surface area contributed by atoms with E-state index in [2.05, 4.69) is 25.9 Å². The molecule has 1 saturated carbocycles. The highest BCUT2D eigenvalue weighted by Crippen LogP contribution is 2.59. The maximum absolute atomic E-state index is 6.04. The lowest BCUT2D eigenvalue weighted by Crippen LogP contribution is -1.99. The van der Waals surface area contributed by atoms with Crippen LogP contribution in [0.3, 0.4) is 0 Å². The predicted molar refractivity (Wildman–Crippen MR) is 62.8 cm³/mol. The van der Waals surface area contributed by atoms with Gasteiger partial charge in [0.1, 0.15) is 5.82 Å². The molecule has 0 saturated heterocycles. The molecule has 0 aromatic carbocycles. The predicted octanol–water partition coefficient (Wildman–Crippen LogP) is 2.47. The molecule has 84 valence electrons. The molecule has 0 radical (unpaired) electrons. The fraction of sp³-hybridized carbons (Fsp3) is 0.750. The van der Waals surface area contributed by atoms with Crippen molar-refractivity contribution in [1.82, 2.24) is 9.78 Å². The number of nitrogens with zero attached hydrogens (tertiary/aromatic N) is 2. The molecular formula is C12H21N3. The van der Waals surface area contributed by atoms with Gasteiger partial charge in [-0.2, -0.15) is 5.10 Å². The molecule has 3 heteroatoms. The minimum atomic E-state index is 0.434. The van der Waals surface area contributed by atoms with E-state index in [4.69, 9.17) is 5.73 Å². The molecule has 0 spiro atoms. The zero-order chi connectivity index (χ0) is 11.2. The van der Waals surface area contributed by atoms with E-state index in [1.807, 2.05) is 11.7 Å². The average Bonchev–Trinajstić information content (AvgIpc) is 2.70. The van der Waals surface area contributed by atoms with Gasteiger partial charge in [0.15, 0.2) is 0 Å². The van der Waals surface area contributed by atoms with E-state index < -0.39 is 0 Å². The quantitative estimate of drug-likeness (QED) is 0.827. The highest BCUT2D eigenvalue weighted by atomic mass is 15.3. The van der Waals surface area contributed by atoms with Crippen molar-refractivity contribution >= 4 is 5.82 Å². The number of nitrogen functional groups attached to an aromatic ring is 1. The second-order valence-corrected chi connectivity index (χ2v) is 5.37. The Balaban J connectivity index is 2.35. The molecule has 15 heavy (non-hydrogen) atoms. The van der Waals surface area contributed by atoms with Gasteiger partial charge in [-0.25, -0.2) is 0 Å². The number of aromatic nitrogens is 2. The van der Waals surface area contributed by atoms with Crippen LogP contribution in [-0.4, -0.2) is 9.78 Å². The van der Waals surface area contributed by atoms with Gasteiger partial charge in [0.2, 0.25) is 0 Å². The fourth-order valence-corrected chi connectivity index (χ4v) is 2.32. The third-order valence-electron chi connectivity index (χ3n) is 3.57. The van der Waals surface area contributed by atoms with Crippen molar-refractivity contribution in [3.63, 3.8) is 0 Å². The fourth-order valence-electron chi connectivity index (χ4n) is 2.32. The van der Waals surface area contributed by atoms with Crippen molar-refractivity contribution in [2.75, 3.05) is 5.73 Å². The number of rotatable bonds is 3. The summed E-state index contributed by atoms with van der Waals surface area (Å²) in [5, 5.41) is 4.58. The number of anilines is 1. The van der Waals surface area contributed by atoms with E-state index in [0.717, 1.165) is 18.7 Å². The topological polar surface area (TPSA) is 43.8 Å². The Morgan fingerprint density at radius 2 is 2.13 bits per heavy atom. The van der Waals surface area contributed by atoms with Crippen LogP contribution in [0.1, 0.15) is 50.8 Å². The Labute approximate surface area is 91.7 Å². The Hall–Kier alpha value is -0.990. The third kappa shape index (κ3) is 1.64. The van der Waals surface area contributed by atoms with Crippen LogP contribution in [-0.2, 0) is 13.5 Å². The first kappa shape index (κ1) is 10.5. The molecule has 2 rings (SSSR count). The average molecular weight is 207 g/mol. The van der Waals surface area contributed by atoms with Crippen LogP contribution in [0, 0.1) is 5.41 Å². The van der Waals surface area contributed by atoms with E-state index in [1.54, 1.807) is 0 Å². The molecule has 0 aliphatic heterocycles. The van der Waals surface area contributed by atoms with Crippen molar-refractivity contribution in [3.05, 3.63) is 11.3 Å². The molecule has 1 unspecified atom stereocenters. The Bertz CT molecular complexity index is 376. The highest BCUT2D eigenvalue weighted by Gasteiger charge is 2.49. The first-order valence-electron chi connectivity index (χ1n) is 5.78. The molecule has 2 N–H and O–H groups in total. The van der Waals surface area contributed by atoms with Crippen LogP contribution in [0.2, 0.25) is 0 Å². The molecule has 1 aliphatic rings. The van der Waals surface area contributed by atoms with Gasteiger partial charge in [-0.1, -0.05) is 27.2 Å². The van der Waals surface area contributed by atoms with Crippen LogP contribution in [0.5, 0.6) is 0 Å². The number of nitrogens with two attached hydrogens (primary N) is 1. The maximum atomic E-state index is 6.04. The summed E-state index contributed by atoms with van der Waals surface area (Å²) in [6, 6.07) is 0. The second-order valence-electron chi connectivity index (χ2n) is 5.37. The van der Waals surface area contributed by atoms with Crippen LogP contribution in [0.4, 0.5) is 5.82 Å². The zero-order valence-electron chi connectivity index (χ0n) is 10.2. The van der Waals surface area contributed by atoms with E-state index in [0.29, 0.717) is 11.3 Å². The third-order valence-corrected chi connectivity index (χ3v) is 3.57. The van der Waals surface area contributed by atoms with Gasteiger partial charge < -0.3 is 5.73 Å². The van der Waals surface area contributed by atoms with Gasteiger partial charge >= 0.3 is 0 Å². The molecule has 1 aromatic heterocycles. The molecule has 1 fully saturated rings. The Kier molecular flexibility index (Phi) is 2.28. The SMILES string of the molecule is CCCc1c(C2CC2(C)C)nn(C)c1N. The first-order valence-corrected chi connectivity index (χ1v) is 5.78. The van der Waals surface area contributed by atoms with Gasteiger partial charge in [-0.15, -0.1) is 0 Å². The van der Waals surface area contributed by atoms with Gasteiger partial charge in [0.25, 0.3) is 0 Å². The van der Waals surface area contributed by atoms with Crippen LogP contribution in [0.25, 0.3) is 0 Å². The van der Waals surface area contributed by atoms with Gasteiger partial charge in [-0.05, 0) is 18.3 Å². The summed E-state index contributed by atoms with van der Waals surface area (Å²) in [6.07, 6.45) is 3.44. The summed E-state index contributed by atoms with van der Waals surface area (Å²) >= 11 is 0. The standard InChI is InChI=1S/C12H21N3/c1-5-6-8-10(9-7-12(9,2)3)14-15(4)11(8)13/h9H,5-7,13H2,1-4H3. The Morgan fingerprint density at radius 3 is 2.60 bits per heavy atom. The minimum absolute atomic E-state index is 0.434. The molecule has 1 atom stereocenters. The molecule has 1 aliphatic carbocycles. The number of hydrogen-bond donors (Lipinski definition) is 1. The Morgan fingerprint density at radius 1 is 1.53 bits per heavy atom. The molecule has 0 bridgehead atoms. The monoisotopic (exact) mass is 207 g/mol. The summed E-state index contributed by atoms with van der Waals surface area (Å²) in [5.41, 5.74) is 9.02. The normalized spacial score (nSPS) is 23.1. The van der Waals surface area contributed by atoms with Crippen LogP contribution in [0.15, 0.2) is 0 Å². The lowest BCUT2D eigenvalue weighted by molar-refractivity contribution is 0.607. The van der Waals surface area contributed by atoms with Crippen molar-refractivity contribution in [2.24, 2.45) is 12.5 Å². The van der Waals surface area contributed by atoms with Crippen LogP contribution < -0.4 is 5.73 Å². The zero-order valence-corrected chi connectivity index (χ0v) is 10.2. The smallest absolute Gasteiger partial charge is 0.124 e. The van der Waals surface area contributed by atoms with E-state index in [1.165, 1.54) is 17.7 Å². The summed E-state index contributed by atoms with van der Waals surface area (Å²) in [4.78, 5) is 0. The van der Waals surface area contributed by atoms with Crippen molar-refractivity contribution in [3.8, 4) is 0 Å². The molecule has 1 heterocycles. The largest absolute Gasteiger partial charge is 0.384 e. The molecular weight excluding hydrogens is 186 g/mol. The summed E-state index contributed by atoms with van der Waals surface area (Å²) < 4.78 is 1.83. The van der Waals surface area contributed by atoms with Crippen LogP contribution >= 0.6 is 0 Å². The second kappa shape index (κ2) is 3.26. The lowest BCUT2D eigenvalue weighted by atomic mass is 10.0. The van der Waals surface area contributed by atoms with Crippen molar-refractivity contribution in [1.29, 1.82) is 0 Å². The van der Waals surface area contributed by atoms with Gasteiger partial charge in [0, 0.05) is 18.5 Å². The van der Waals surface area contributed by atoms with Gasteiger partial charge in [0.05, 0.1) is 5.69 Å². The number of aryl methyl sites for hydroxylation is 1. The van der Waals surface area contributed by atoms with E-state index in [9.17, 15) is 0 Å². The summed E-state index contributed by atoms with van der Waals surface area (Å²) in [7, 11) is 1.94. The molecule has 0 amide bonds. The first-order chi connectivity index (χ1) is 6.97. The summed E-state index contributed by atoms with van der Waals surface area (Å²) in [5.74, 6) is 1.48. The van der Waals surface area contributed by atoms with E-state index >= 15 is 0 Å². The van der Waals surface area contributed by atoms with E-state index in [-0.39, 0.29) is 0 Å². The molecule has 1 aromatic rings. The number of hydrogen-bond acceptors (Lipinski definition) is 2. The summed E-state index contributed by atoms with van der Waals surface area (Å²) in [6.45, 7) is 6.80.